The molecule has 0 saturated carbocycles. The van der Waals surface area contributed by atoms with Crippen LogP contribution < -0.4 is 0 Å². The molecule has 1 unspecified atom stereocenters. The molecule has 0 aromatic carbocycles. The van der Waals surface area contributed by atoms with Gasteiger partial charge in [-0.25, -0.2) is 4.05 Å². The van der Waals surface area contributed by atoms with Crippen LogP contribution in [0.15, 0.2) is 0 Å². The lowest BCUT2D eigenvalue weighted by atomic mass is 10.8. The van der Waals surface area contributed by atoms with Crippen molar-refractivity contribution >= 4 is 10.0 Å². The molecular weight excluding hydrogens is 199 g/mol. The van der Waals surface area contributed by atoms with Gasteiger partial charge in [0, 0.05) is 0 Å². The fraction of sp³-hybridized carbons (Fsp3) is 1.00. The van der Waals surface area contributed by atoms with Crippen LogP contribution in [0.5, 0.6) is 0 Å². The van der Waals surface area contributed by atoms with E-state index in [0.717, 1.165) is 6.92 Å². The van der Waals surface area contributed by atoms with E-state index in [9.17, 15) is 26.8 Å². The second-order valence-corrected chi connectivity index (χ2v) is 4.44. The highest BCUT2D eigenvalue weighted by Crippen LogP contribution is 2.29. The van der Waals surface area contributed by atoms with E-state index in [0.29, 0.717) is 7.05 Å². The number of alkyl halides is 3. The van der Waals surface area contributed by atoms with Crippen molar-refractivity contribution in [3.05, 3.63) is 5.21 Å². The highest BCUT2D eigenvalue weighted by molar-refractivity contribution is 7.86. The van der Waals surface area contributed by atoms with E-state index in [4.69, 9.17) is 0 Å². The van der Waals surface area contributed by atoms with Crippen LogP contribution in [0.3, 0.4) is 0 Å². The number of sulfonamides is 1. The van der Waals surface area contributed by atoms with Crippen molar-refractivity contribution in [2.24, 2.45) is 0 Å². The second-order valence-electron chi connectivity index (χ2n) is 2.25. The molecule has 0 aliphatic carbocycles. The SMILES string of the molecule is CC[N+](C)([O-])S(=O)(=O)C(F)(F)F. The number of quaternary nitrogens is 1. The Labute approximate surface area is 67.8 Å². The van der Waals surface area contributed by atoms with Crippen LogP contribution in [0, 0.1) is 5.21 Å². The highest BCUT2D eigenvalue weighted by Gasteiger charge is 2.55. The van der Waals surface area contributed by atoms with Gasteiger partial charge in [0.25, 0.3) is 0 Å². The number of hydrogen-bond acceptors (Lipinski definition) is 3. The van der Waals surface area contributed by atoms with Crippen molar-refractivity contribution < 1.29 is 25.6 Å². The Balaban J connectivity index is 5.16. The van der Waals surface area contributed by atoms with Crippen molar-refractivity contribution in [1.29, 1.82) is 0 Å². The standard InChI is InChI=1S/C4H8F3NO3S/c1-3-8(2,9)12(10,11)4(5,6)7/h3H2,1-2H3. The molecule has 0 radical (unpaired) electrons. The van der Waals surface area contributed by atoms with Crippen LogP contribution in [-0.4, -0.2) is 31.6 Å². The van der Waals surface area contributed by atoms with Gasteiger partial charge in [0.1, 0.15) is 0 Å². The smallest absolute Gasteiger partial charge is 0.549 e. The van der Waals surface area contributed by atoms with Crippen LogP contribution in [0.25, 0.3) is 0 Å². The molecule has 0 N–H and O–H groups in total. The van der Waals surface area contributed by atoms with E-state index in [-0.39, 0.29) is 0 Å². The monoisotopic (exact) mass is 207 g/mol. The first-order valence-electron chi connectivity index (χ1n) is 2.94. The largest absolute Gasteiger partial charge is 0.617 e. The third kappa shape index (κ3) is 1.70. The van der Waals surface area contributed by atoms with E-state index in [1.807, 2.05) is 0 Å². The van der Waals surface area contributed by atoms with Gasteiger partial charge in [-0.3, -0.25) is 0 Å². The summed E-state index contributed by atoms with van der Waals surface area (Å²) in [6.45, 7) is 0.387. The molecular formula is C4H8F3NO3S. The summed E-state index contributed by atoms with van der Waals surface area (Å²) in [7, 11) is -5.20. The fourth-order valence-electron chi connectivity index (χ4n) is 0.389. The van der Waals surface area contributed by atoms with E-state index >= 15 is 0 Å². The first kappa shape index (κ1) is 11.7. The van der Waals surface area contributed by atoms with Gasteiger partial charge < -0.3 is 5.21 Å². The van der Waals surface area contributed by atoms with Crippen molar-refractivity contribution in [3.63, 3.8) is 0 Å². The van der Waals surface area contributed by atoms with Gasteiger partial charge in [0.05, 0.1) is 13.6 Å². The Hall–Kier alpha value is -0.340. The highest BCUT2D eigenvalue weighted by atomic mass is 32.2. The molecule has 12 heavy (non-hydrogen) atoms. The van der Waals surface area contributed by atoms with Gasteiger partial charge in [0.15, 0.2) is 0 Å². The second kappa shape index (κ2) is 2.86. The normalized spacial score (nSPS) is 18.8. The summed E-state index contributed by atoms with van der Waals surface area (Å²) in [5, 5.41) is 10.8. The summed E-state index contributed by atoms with van der Waals surface area (Å²) in [6.07, 6.45) is 0. The number of hydrogen-bond donors (Lipinski definition) is 0. The van der Waals surface area contributed by atoms with Gasteiger partial charge in [0.2, 0.25) is 0 Å². The molecule has 0 aliphatic heterocycles. The van der Waals surface area contributed by atoms with E-state index < -0.39 is 26.1 Å². The minimum Gasteiger partial charge on any atom is -0.617 e. The molecule has 74 valence electrons. The molecule has 0 heterocycles. The first-order chi connectivity index (χ1) is 5.06. The van der Waals surface area contributed by atoms with Crippen molar-refractivity contribution in [3.8, 4) is 0 Å². The van der Waals surface area contributed by atoms with Crippen LogP contribution in [-0.2, 0) is 10.0 Å². The van der Waals surface area contributed by atoms with Crippen LogP contribution in [0.4, 0.5) is 13.2 Å². The maximum absolute atomic E-state index is 11.7. The summed E-state index contributed by atoms with van der Waals surface area (Å²) in [6, 6.07) is 0. The Morgan fingerprint density at radius 3 is 1.83 bits per heavy atom. The molecule has 4 nitrogen and oxygen atoms in total. The predicted octanol–water partition coefficient (Wildman–Crippen LogP) is 0.800. The van der Waals surface area contributed by atoms with Gasteiger partial charge >= 0.3 is 15.5 Å². The minimum absolute atomic E-state index is 0.447. The van der Waals surface area contributed by atoms with Gasteiger partial charge in [-0.15, -0.1) is 0 Å². The molecule has 8 heteroatoms. The molecule has 0 spiro atoms. The van der Waals surface area contributed by atoms with Crippen LogP contribution in [0.1, 0.15) is 6.92 Å². The summed E-state index contributed by atoms with van der Waals surface area (Å²) in [5.74, 6) is 0. The Morgan fingerprint density at radius 2 is 1.75 bits per heavy atom. The van der Waals surface area contributed by atoms with Crippen molar-refractivity contribution in [2.45, 2.75) is 12.4 Å². The third-order valence-electron chi connectivity index (χ3n) is 1.38. The quantitative estimate of drug-likeness (QED) is 0.497. The Kier molecular flexibility index (Phi) is 2.78. The van der Waals surface area contributed by atoms with Crippen molar-refractivity contribution in [2.75, 3.05) is 13.6 Å². The van der Waals surface area contributed by atoms with E-state index in [2.05, 4.69) is 0 Å². The van der Waals surface area contributed by atoms with Gasteiger partial charge in [-0.1, -0.05) is 0 Å². The summed E-state index contributed by atoms with van der Waals surface area (Å²) in [5.41, 5.74) is -5.49. The summed E-state index contributed by atoms with van der Waals surface area (Å²) in [4.78, 5) is 0. The molecule has 0 amide bonds. The Bertz CT molecular complexity index is 255. The molecule has 0 aromatic heterocycles. The van der Waals surface area contributed by atoms with E-state index in [1.54, 1.807) is 0 Å². The number of nitrogens with zero attached hydrogens (tertiary/aromatic N) is 1. The number of hydroxylamine groups is 2. The molecule has 0 aromatic rings. The van der Waals surface area contributed by atoms with Gasteiger partial charge in [-0.05, 0) is 6.92 Å². The maximum Gasteiger partial charge on any atom is 0.549 e. The molecule has 1 atom stereocenters. The summed E-state index contributed by atoms with van der Waals surface area (Å²) >= 11 is 0. The zero-order valence-corrected chi connectivity index (χ0v) is 7.24. The molecule has 0 fully saturated rings. The topological polar surface area (TPSA) is 57.2 Å². The first-order valence-corrected chi connectivity index (χ1v) is 4.38. The predicted molar refractivity (Wildman–Crippen MR) is 35.1 cm³/mol. The lowest BCUT2D eigenvalue weighted by Gasteiger charge is -2.35. The van der Waals surface area contributed by atoms with E-state index in [1.165, 1.54) is 0 Å². The molecule has 0 rings (SSSR count). The van der Waals surface area contributed by atoms with Crippen LogP contribution >= 0.6 is 0 Å². The molecule has 0 aliphatic rings. The summed E-state index contributed by atoms with van der Waals surface area (Å²) < 4.78 is 53.7. The molecule has 0 saturated heterocycles. The third-order valence-corrected chi connectivity index (χ3v) is 3.24. The Morgan fingerprint density at radius 1 is 1.42 bits per heavy atom. The van der Waals surface area contributed by atoms with Crippen LogP contribution in [0.2, 0.25) is 0 Å². The average Bonchev–Trinajstić information content (AvgIpc) is 1.85. The zero-order valence-electron chi connectivity index (χ0n) is 6.42. The average molecular weight is 207 g/mol. The zero-order chi connectivity index (χ0) is 10.2. The lowest BCUT2D eigenvalue weighted by molar-refractivity contribution is -0.730. The number of halogens is 3. The fourth-order valence-corrected chi connectivity index (χ4v) is 1.17. The number of rotatable bonds is 2. The van der Waals surface area contributed by atoms with Gasteiger partial charge in [-0.2, -0.15) is 21.6 Å². The van der Waals surface area contributed by atoms with Crippen molar-refractivity contribution in [1.82, 2.24) is 0 Å². The minimum atomic E-state index is -5.64. The molecule has 0 bridgehead atoms. The maximum atomic E-state index is 11.7. The lowest BCUT2D eigenvalue weighted by Crippen LogP contribution is -2.50.